The third kappa shape index (κ3) is 2.62. The van der Waals surface area contributed by atoms with Gasteiger partial charge in [-0.05, 0) is 42.9 Å². The van der Waals surface area contributed by atoms with Gasteiger partial charge in [-0.15, -0.1) is 11.3 Å². The highest BCUT2D eigenvalue weighted by atomic mass is 32.1. The van der Waals surface area contributed by atoms with Gasteiger partial charge in [0.15, 0.2) is 10.8 Å². The van der Waals surface area contributed by atoms with Crippen LogP contribution in [0.4, 0.5) is 0 Å². The number of aryl methyl sites for hydroxylation is 3. The molecule has 7 heteroatoms. The first-order valence-electron chi connectivity index (χ1n) is 7.86. The summed E-state index contributed by atoms with van der Waals surface area (Å²) in [5.41, 5.74) is 4.69. The predicted octanol–water partition coefficient (Wildman–Crippen LogP) is 3.08. The van der Waals surface area contributed by atoms with Gasteiger partial charge in [0.25, 0.3) is 0 Å². The van der Waals surface area contributed by atoms with Crippen LogP contribution >= 0.6 is 11.3 Å². The van der Waals surface area contributed by atoms with Crippen molar-refractivity contribution in [2.75, 3.05) is 0 Å². The first-order valence-corrected chi connectivity index (χ1v) is 8.74. The van der Waals surface area contributed by atoms with Gasteiger partial charge < -0.3 is 0 Å². The second kappa shape index (κ2) is 5.86. The third-order valence-corrected chi connectivity index (χ3v) is 4.96. The molecule has 3 aromatic heterocycles. The van der Waals surface area contributed by atoms with Crippen LogP contribution in [0.15, 0.2) is 51.1 Å². The fraction of sp³-hybridized carbons (Fsp3) is 0.167. The van der Waals surface area contributed by atoms with Gasteiger partial charge in [0.2, 0.25) is 5.69 Å². The van der Waals surface area contributed by atoms with E-state index in [1.165, 1.54) is 11.3 Å². The Morgan fingerprint density at radius 2 is 1.76 bits per heavy atom. The molecule has 0 amide bonds. The number of aromatic amines is 1. The van der Waals surface area contributed by atoms with Crippen molar-refractivity contribution in [3.63, 3.8) is 0 Å². The summed E-state index contributed by atoms with van der Waals surface area (Å²) in [5.74, 6) is 0. The number of rotatable bonds is 3. The molecule has 0 radical (unpaired) electrons. The van der Waals surface area contributed by atoms with Crippen LogP contribution in [0.5, 0.6) is 0 Å². The van der Waals surface area contributed by atoms with Gasteiger partial charge in [-0.3, -0.25) is 9.09 Å². The molecule has 0 aliphatic carbocycles. The van der Waals surface area contributed by atoms with Gasteiger partial charge in [-0.25, -0.2) is 9.78 Å². The molecule has 0 spiro atoms. The monoisotopic (exact) mass is 353 g/mol. The highest BCUT2D eigenvalue weighted by molar-refractivity contribution is 7.12. The first-order chi connectivity index (χ1) is 12.0. The lowest BCUT2D eigenvalue weighted by Gasteiger charge is -2.03. The summed E-state index contributed by atoms with van der Waals surface area (Å²) < 4.78 is 8.71. The van der Waals surface area contributed by atoms with E-state index in [2.05, 4.69) is 14.8 Å². The predicted molar refractivity (Wildman–Crippen MR) is 95.5 cm³/mol. The van der Waals surface area contributed by atoms with E-state index in [-0.39, 0.29) is 0 Å². The SMILES string of the molecule is Cc1ccc(-[n+]2[nH]oc(=O)c2-c2csc(-n3c(C)ccc3C)n2)cc1. The van der Waals surface area contributed by atoms with Crippen molar-refractivity contribution in [1.82, 2.24) is 14.8 Å². The summed E-state index contributed by atoms with van der Waals surface area (Å²) in [4.78, 5) is 16.9. The second-order valence-electron chi connectivity index (χ2n) is 5.97. The minimum absolute atomic E-state index is 0.383. The van der Waals surface area contributed by atoms with Crippen molar-refractivity contribution >= 4 is 11.3 Å². The van der Waals surface area contributed by atoms with Crippen LogP contribution < -0.4 is 10.3 Å². The van der Waals surface area contributed by atoms with Crippen LogP contribution in [0.1, 0.15) is 17.0 Å². The number of hydrogen-bond donors (Lipinski definition) is 1. The lowest BCUT2D eigenvalue weighted by atomic mass is 10.2. The van der Waals surface area contributed by atoms with Gasteiger partial charge >= 0.3 is 11.3 Å². The minimum atomic E-state index is -0.446. The highest BCUT2D eigenvalue weighted by Crippen LogP contribution is 2.24. The molecular weight excluding hydrogens is 336 g/mol. The summed E-state index contributed by atoms with van der Waals surface area (Å²) in [6.07, 6.45) is 0. The molecule has 1 aromatic carbocycles. The molecule has 0 saturated heterocycles. The van der Waals surface area contributed by atoms with Crippen molar-refractivity contribution in [3.8, 4) is 22.2 Å². The number of aromatic nitrogens is 4. The number of nitrogens with one attached hydrogen (secondary N) is 1. The Kier molecular flexibility index (Phi) is 3.65. The van der Waals surface area contributed by atoms with Crippen molar-refractivity contribution < 1.29 is 9.20 Å². The van der Waals surface area contributed by atoms with Crippen molar-refractivity contribution in [3.05, 3.63) is 69.1 Å². The summed E-state index contributed by atoms with van der Waals surface area (Å²) in [6.45, 7) is 6.08. The van der Waals surface area contributed by atoms with Crippen molar-refractivity contribution in [1.29, 1.82) is 0 Å². The maximum absolute atomic E-state index is 12.2. The van der Waals surface area contributed by atoms with E-state index >= 15 is 0 Å². The molecule has 25 heavy (non-hydrogen) atoms. The molecule has 0 atom stereocenters. The van der Waals surface area contributed by atoms with Crippen LogP contribution in [0.3, 0.4) is 0 Å². The first kappa shape index (κ1) is 15.6. The molecule has 0 saturated carbocycles. The topological polar surface area (TPSA) is 67.7 Å². The van der Waals surface area contributed by atoms with Gasteiger partial charge in [0.05, 0.1) is 0 Å². The second-order valence-corrected chi connectivity index (χ2v) is 6.80. The fourth-order valence-electron chi connectivity index (χ4n) is 2.81. The molecule has 0 unspecified atom stereocenters. The van der Waals surface area contributed by atoms with Crippen molar-refractivity contribution in [2.45, 2.75) is 20.8 Å². The normalized spacial score (nSPS) is 11.2. The standard InChI is InChI=1S/C18H16N4O2S/c1-11-4-8-14(9-5-11)22-16(17(23)24-20-22)15-10-25-18(19-15)21-12(2)6-7-13(21)3/h4-10H,1-3H3/p+1. The quantitative estimate of drug-likeness (QED) is 0.576. The molecular formula is C18H17N4O2S+. The number of H-pyrrole nitrogens is 1. The largest absolute Gasteiger partial charge is 0.437 e. The molecule has 0 aliphatic heterocycles. The molecule has 3 heterocycles. The molecule has 4 rings (SSSR count). The van der Waals surface area contributed by atoms with E-state index in [1.807, 2.05) is 62.5 Å². The fourth-order valence-corrected chi connectivity index (χ4v) is 3.74. The summed E-state index contributed by atoms with van der Waals surface area (Å²) >= 11 is 1.49. The number of hydrogen-bond acceptors (Lipinski definition) is 4. The maximum Gasteiger partial charge on any atom is 0.437 e. The van der Waals surface area contributed by atoms with Crippen molar-refractivity contribution in [2.24, 2.45) is 0 Å². The zero-order valence-corrected chi connectivity index (χ0v) is 14.9. The average Bonchev–Trinajstić information content (AvgIpc) is 3.28. The number of nitrogens with zero attached hydrogens (tertiary/aromatic N) is 3. The highest BCUT2D eigenvalue weighted by Gasteiger charge is 2.28. The zero-order valence-electron chi connectivity index (χ0n) is 14.1. The van der Waals surface area contributed by atoms with Gasteiger partial charge in [-0.1, -0.05) is 17.7 Å². The van der Waals surface area contributed by atoms with Gasteiger partial charge in [-0.2, -0.15) is 0 Å². The Balaban J connectivity index is 1.83. The Labute approximate surface area is 148 Å². The van der Waals surface area contributed by atoms with Crippen LogP contribution in [-0.2, 0) is 0 Å². The van der Waals surface area contributed by atoms with Crippen LogP contribution in [0.25, 0.3) is 22.2 Å². The molecule has 0 fully saturated rings. The summed E-state index contributed by atoms with van der Waals surface area (Å²) in [5, 5.41) is 5.36. The Bertz CT molecular complexity index is 1080. The summed E-state index contributed by atoms with van der Waals surface area (Å²) in [7, 11) is 0. The Morgan fingerprint density at radius 3 is 2.44 bits per heavy atom. The van der Waals surface area contributed by atoms with E-state index in [9.17, 15) is 4.79 Å². The summed E-state index contributed by atoms with van der Waals surface area (Å²) in [6, 6.07) is 11.9. The van der Waals surface area contributed by atoms with E-state index in [4.69, 9.17) is 4.52 Å². The smallest absolute Gasteiger partial charge is 0.295 e. The minimum Gasteiger partial charge on any atom is -0.295 e. The zero-order chi connectivity index (χ0) is 17.6. The van der Waals surface area contributed by atoms with Gasteiger partial charge in [0.1, 0.15) is 0 Å². The van der Waals surface area contributed by atoms with Crippen LogP contribution in [-0.4, -0.2) is 14.8 Å². The van der Waals surface area contributed by atoms with E-state index < -0.39 is 5.63 Å². The molecule has 126 valence electrons. The molecule has 4 aromatic rings. The van der Waals surface area contributed by atoms with E-state index in [0.29, 0.717) is 11.4 Å². The molecule has 0 bridgehead atoms. The Hall–Kier alpha value is -2.93. The Morgan fingerprint density at radius 1 is 1.08 bits per heavy atom. The van der Waals surface area contributed by atoms with Crippen LogP contribution in [0.2, 0.25) is 0 Å². The average molecular weight is 353 g/mol. The van der Waals surface area contributed by atoms with Gasteiger partial charge in [0, 0.05) is 28.9 Å². The lowest BCUT2D eigenvalue weighted by Crippen LogP contribution is -2.36. The lowest BCUT2D eigenvalue weighted by molar-refractivity contribution is -0.660. The number of benzene rings is 1. The molecule has 0 aliphatic rings. The maximum atomic E-state index is 12.2. The van der Waals surface area contributed by atoms with E-state index in [0.717, 1.165) is 27.8 Å². The molecule has 6 nitrogen and oxygen atoms in total. The third-order valence-electron chi connectivity index (χ3n) is 4.14. The number of thiazole rings is 1. The molecule has 1 N–H and O–H groups in total. The van der Waals surface area contributed by atoms with E-state index in [1.54, 1.807) is 4.68 Å². The van der Waals surface area contributed by atoms with Crippen LogP contribution in [0, 0.1) is 20.8 Å².